The van der Waals surface area contributed by atoms with E-state index in [4.69, 9.17) is 4.42 Å². The summed E-state index contributed by atoms with van der Waals surface area (Å²) in [5.74, 6) is 0.756. The lowest BCUT2D eigenvalue weighted by Gasteiger charge is -2.19. The van der Waals surface area contributed by atoms with Crippen LogP contribution in [0.1, 0.15) is 29.5 Å². The maximum absolute atomic E-state index is 12.6. The second kappa shape index (κ2) is 8.53. The minimum atomic E-state index is -0.245. The number of benzene rings is 2. The average molecular weight is 389 g/mol. The van der Waals surface area contributed by atoms with Crippen LogP contribution in [0.5, 0.6) is 0 Å². The lowest BCUT2D eigenvalue weighted by Crippen LogP contribution is -2.29. The Balaban J connectivity index is 1.40. The second-order valence-corrected chi connectivity index (χ2v) is 7.44. The maximum Gasteiger partial charge on any atom is 0.291 e. The molecule has 1 aromatic heterocycles. The summed E-state index contributed by atoms with van der Waals surface area (Å²) in [6.07, 6.45) is 2.15. The highest BCUT2D eigenvalue weighted by atomic mass is 16.3. The molecular weight excluding hydrogens is 362 g/mol. The number of aryl methyl sites for hydroxylation is 1. The third-order valence-corrected chi connectivity index (χ3v) is 5.56. The van der Waals surface area contributed by atoms with E-state index in [9.17, 15) is 4.79 Å². The van der Waals surface area contributed by atoms with Crippen molar-refractivity contribution in [3.05, 3.63) is 72.0 Å². The van der Waals surface area contributed by atoms with Crippen molar-refractivity contribution in [2.24, 2.45) is 0 Å². The highest BCUT2D eigenvalue weighted by Gasteiger charge is 2.21. The van der Waals surface area contributed by atoms with Crippen LogP contribution in [0.3, 0.4) is 0 Å². The summed E-state index contributed by atoms with van der Waals surface area (Å²) in [4.78, 5) is 14.9. The van der Waals surface area contributed by atoms with Gasteiger partial charge in [0.2, 0.25) is 0 Å². The first-order valence-electron chi connectivity index (χ1n) is 10.2. The molecule has 1 amide bonds. The molecular formula is C24H27N3O2. The molecule has 2 N–H and O–H groups in total. The molecule has 1 aliphatic heterocycles. The van der Waals surface area contributed by atoms with Gasteiger partial charge in [-0.2, -0.15) is 0 Å². The van der Waals surface area contributed by atoms with Gasteiger partial charge in [0.25, 0.3) is 5.91 Å². The summed E-state index contributed by atoms with van der Waals surface area (Å²) in [5, 5.41) is 6.25. The van der Waals surface area contributed by atoms with Crippen molar-refractivity contribution in [1.29, 1.82) is 0 Å². The average Bonchev–Trinajstić information content (AvgIpc) is 3.44. The summed E-state index contributed by atoms with van der Waals surface area (Å²) in [6.45, 7) is 4.18. The van der Waals surface area contributed by atoms with Crippen LogP contribution < -0.4 is 15.5 Å². The molecule has 5 heteroatoms. The number of nitrogens with one attached hydrogen (secondary N) is 2. The van der Waals surface area contributed by atoms with E-state index in [0.717, 1.165) is 37.2 Å². The van der Waals surface area contributed by atoms with Crippen LogP contribution in [-0.2, 0) is 6.42 Å². The molecule has 2 heterocycles. The molecule has 2 aromatic carbocycles. The molecule has 0 radical (unpaired) electrons. The lowest BCUT2D eigenvalue weighted by molar-refractivity contribution is 0.0997. The van der Waals surface area contributed by atoms with Crippen molar-refractivity contribution < 1.29 is 9.21 Å². The first-order valence-corrected chi connectivity index (χ1v) is 10.2. The quantitative estimate of drug-likeness (QED) is 0.649. The molecule has 0 spiro atoms. The fourth-order valence-electron chi connectivity index (χ4n) is 3.70. The lowest BCUT2D eigenvalue weighted by atomic mass is 10.1. The number of carbonyl (C=O) groups is 1. The topological polar surface area (TPSA) is 57.5 Å². The standard InChI is InChI=1S/C24H27N3O2/c1-3-17-4-6-18(7-5-17)22-12-13-23(29-22)24(28)26-19-8-10-21(11-9-19)27-15-14-20(16-27)25-2/h4-13,20,25H,3,14-16H2,1-2H3,(H,26,28). The maximum atomic E-state index is 12.6. The van der Waals surface area contributed by atoms with E-state index < -0.39 is 0 Å². The van der Waals surface area contributed by atoms with Crippen LogP contribution in [0.15, 0.2) is 65.1 Å². The van der Waals surface area contributed by atoms with Crippen LogP contribution in [0.4, 0.5) is 11.4 Å². The fraction of sp³-hybridized carbons (Fsp3) is 0.292. The van der Waals surface area contributed by atoms with Gasteiger partial charge in [-0.25, -0.2) is 0 Å². The molecule has 1 fully saturated rings. The third-order valence-electron chi connectivity index (χ3n) is 5.56. The van der Waals surface area contributed by atoms with Gasteiger partial charge >= 0.3 is 0 Å². The zero-order chi connectivity index (χ0) is 20.2. The molecule has 1 saturated heterocycles. The number of amides is 1. The Morgan fingerprint density at radius 3 is 2.48 bits per heavy atom. The van der Waals surface area contributed by atoms with Crippen molar-refractivity contribution in [3.63, 3.8) is 0 Å². The van der Waals surface area contributed by atoms with E-state index in [1.165, 1.54) is 11.3 Å². The van der Waals surface area contributed by atoms with E-state index in [2.05, 4.69) is 46.7 Å². The van der Waals surface area contributed by atoms with E-state index in [-0.39, 0.29) is 5.91 Å². The second-order valence-electron chi connectivity index (χ2n) is 7.44. The van der Waals surface area contributed by atoms with Crippen LogP contribution >= 0.6 is 0 Å². The van der Waals surface area contributed by atoms with Crippen LogP contribution in [0.25, 0.3) is 11.3 Å². The molecule has 1 aliphatic rings. The number of carbonyl (C=O) groups excluding carboxylic acids is 1. The Morgan fingerprint density at radius 2 is 1.83 bits per heavy atom. The van der Waals surface area contributed by atoms with Crippen molar-refractivity contribution in [2.45, 2.75) is 25.8 Å². The summed E-state index contributed by atoms with van der Waals surface area (Å²) >= 11 is 0. The van der Waals surface area contributed by atoms with Gasteiger partial charge in [-0.05, 0) is 61.9 Å². The molecule has 0 saturated carbocycles. The number of hydrogen-bond acceptors (Lipinski definition) is 4. The van der Waals surface area contributed by atoms with Crippen molar-refractivity contribution in [1.82, 2.24) is 5.32 Å². The van der Waals surface area contributed by atoms with Gasteiger partial charge in [-0.3, -0.25) is 4.79 Å². The number of likely N-dealkylation sites (N-methyl/N-ethyl adjacent to an activating group) is 1. The van der Waals surface area contributed by atoms with Crippen molar-refractivity contribution in [2.75, 3.05) is 30.4 Å². The minimum Gasteiger partial charge on any atom is -0.451 e. The summed E-state index contributed by atoms with van der Waals surface area (Å²) < 4.78 is 5.78. The molecule has 0 bridgehead atoms. The van der Waals surface area contributed by atoms with E-state index in [0.29, 0.717) is 17.6 Å². The molecule has 4 rings (SSSR count). The van der Waals surface area contributed by atoms with Gasteiger partial charge in [-0.1, -0.05) is 31.2 Å². The zero-order valence-corrected chi connectivity index (χ0v) is 16.9. The summed E-state index contributed by atoms with van der Waals surface area (Å²) in [7, 11) is 2.01. The van der Waals surface area contributed by atoms with Gasteiger partial charge in [-0.15, -0.1) is 0 Å². The van der Waals surface area contributed by atoms with Crippen LogP contribution in [-0.4, -0.2) is 32.1 Å². The Hall–Kier alpha value is -3.05. The minimum absolute atomic E-state index is 0.245. The van der Waals surface area contributed by atoms with E-state index in [1.807, 2.05) is 37.4 Å². The van der Waals surface area contributed by atoms with Gasteiger partial charge < -0.3 is 20.0 Å². The predicted octanol–water partition coefficient (Wildman–Crippen LogP) is 4.56. The zero-order valence-electron chi connectivity index (χ0n) is 16.9. The van der Waals surface area contributed by atoms with Crippen molar-refractivity contribution in [3.8, 4) is 11.3 Å². The number of rotatable bonds is 6. The molecule has 1 atom stereocenters. The smallest absolute Gasteiger partial charge is 0.291 e. The van der Waals surface area contributed by atoms with E-state index >= 15 is 0 Å². The summed E-state index contributed by atoms with van der Waals surface area (Å²) in [5.41, 5.74) is 4.18. The van der Waals surface area contributed by atoms with E-state index in [1.54, 1.807) is 6.07 Å². The molecule has 29 heavy (non-hydrogen) atoms. The summed E-state index contributed by atoms with van der Waals surface area (Å²) in [6, 6.07) is 20.3. The number of nitrogens with zero attached hydrogens (tertiary/aromatic N) is 1. The highest BCUT2D eigenvalue weighted by Crippen LogP contribution is 2.25. The van der Waals surface area contributed by atoms with Crippen molar-refractivity contribution >= 4 is 17.3 Å². The number of furan rings is 1. The van der Waals surface area contributed by atoms with Crippen LogP contribution in [0, 0.1) is 0 Å². The van der Waals surface area contributed by atoms with Crippen LogP contribution in [0.2, 0.25) is 0 Å². The molecule has 5 nitrogen and oxygen atoms in total. The molecule has 150 valence electrons. The number of hydrogen-bond donors (Lipinski definition) is 2. The van der Waals surface area contributed by atoms with Gasteiger partial charge in [0, 0.05) is 36.1 Å². The monoisotopic (exact) mass is 389 g/mol. The molecule has 1 unspecified atom stereocenters. The number of anilines is 2. The van der Waals surface area contributed by atoms with Gasteiger partial charge in [0.05, 0.1) is 0 Å². The van der Waals surface area contributed by atoms with Gasteiger partial charge in [0.1, 0.15) is 5.76 Å². The fourth-order valence-corrected chi connectivity index (χ4v) is 3.70. The normalized spacial score (nSPS) is 16.2. The first-order chi connectivity index (χ1) is 14.2. The largest absolute Gasteiger partial charge is 0.451 e. The molecule has 3 aromatic rings. The first kappa shape index (κ1) is 19.3. The Kier molecular flexibility index (Phi) is 5.67. The Bertz CT molecular complexity index is 961. The Labute approximate surface area is 171 Å². The molecule has 0 aliphatic carbocycles. The predicted molar refractivity (Wildman–Crippen MR) is 118 cm³/mol. The SMILES string of the molecule is CCc1ccc(-c2ccc(C(=O)Nc3ccc(N4CCC(NC)C4)cc3)o2)cc1. The Morgan fingerprint density at radius 1 is 1.07 bits per heavy atom. The third kappa shape index (κ3) is 4.35. The highest BCUT2D eigenvalue weighted by molar-refractivity contribution is 6.02. The van der Waals surface area contributed by atoms with Gasteiger partial charge in [0.15, 0.2) is 5.76 Å².